The third-order valence-electron chi connectivity index (χ3n) is 2.91. The van der Waals surface area contributed by atoms with E-state index in [1.54, 1.807) is 13.8 Å². The lowest BCUT2D eigenvalue weighted by molar-refractivity contribution is -0.171. The summed E-state index contributed by atoms with van der Waals surface area (Å²) >= 11 is 0. The highest BCUT2D eigenvalue weighted by atomic mass is 16.6. The summed E-state index contributed by atoms with van der Waals surface area (Å²) in [5.41, 5.74) is 0.993. The highest BCUT2D eigenvalue weighted by Gasteiger charge is 2.29. The first-order valence-corrected chi connectivity index (χ1v) is 6.90. The molecule has 0 aliphatic carbocycles. The first-order valence-electron chi connectivity index (χ1n) is 6.90. The van der Waals surface area contributed by atoms with Crippen LogP contribution in [0.1, 0.15) is 33.3 Å². The Morgan fingerprint density at radius 3 is 1.86 bits per heavy atom. The Kier molecular flexibility index (Phi) is 6.88. The van der Waals surface area contributed by atoms with Crippen molar-refractivity contribution in [1.82, 2.24) is 0 Å². The predicted molar refractivity (Wildman–Crippen MR) is 77.5 cm³/mol. The van der Waals surface area contributed by atoms with Gasteiger partial charge in [-0.3, -0.25) is 9.59 Å². The van der Waals surface area contributed by atoms with Crippen molar-refractivity contribution in [2.24, 2.45) is 0 Å². The van der Waals surface area contributed by atoms with Gasteiger partial charge in [0, 0.05) is 13.8 Å². The van der Waals surface area contributed by atoms with Crippen molar-refractivity contribution in [2.45, 2.75) is 52.6 Å². The van der Waals surface area contributed by atoms with Crippen molar-refractivity contribution < 1.29 is 23.8 Å². The Morgan fingerprint density at radius 1 is 0.952 bits per heavy atom. The number of hydrogen-bond acceptors (Lipinski definition) is 5. The second-order valence-corrected chi connectivity index (χ2v) is 4.89. The third-order valence-corrected chi connectivity index (χ3v) is 2.91. The Morgan fingerprint density at radius 2 is 1.43 bits per heavy atom. The zero-order valence-electron chi connectivity index (χ0n) is 12.9. The summed E-state index contributed by atoms with van der Waals surface area (Å²) in [6.45, 7) is 6.46. The van der Waals surface area contributed by atoms with Crippen LogP contribution in [-0.4, -0.2) is 30.3 Å². The van der Waals surface area contributed by atoms with Gasteiger partial charge in [-0.15, -0.1) is 0 Å². The molecule has 5 nitrogen and oxygen atoms in total. The summed E-state index contributed by atoms with van der Waals surface area (Å²) in [4.78, 5) is 22.2. The molecule has 0 aliphatic rings. The van der Waals surface area contributed by atoms with Gasteiger partial charge in [-0.05, 0) is 19.4 Å². The standard InChI is InChI=1S/C16H22O5/c1-11(20-13(3)17)16(12(2)21-14(4)18)19-10-15-8-6-5-7-9-15/h5-9,11-12,16H,10H2,1-4H3/t11-,12+,16?. The monoisotopic (exact) mass is 294 g/mol. The van der Waals surface area contributed by atoms with Gasteiger partial charge in [0.1, 0.15) is 18.3 Å². The minimum absolute atomic E-state index is 0.350. The van der Waals surface area contributed by atoms with Crippen molar-refractivity contribution in [3.8, 4) is 0 Å². The van der Waals surface area contributed by atoms with Gasteiger partial charge in [-0.25, -0.2) is 0 Å². The minimum Gasteiger partial charge on any atom is -0.460 e. The zero-order valence-corrected chi connectivity index (χ0v) is 12.9. The van der Waals surface area contributed by atoms with E-state index in [1.165, 1.54) is 13.8 Å². The average Bonchev–Trinajstić information content (AvgIpc) is 2.38. The Balaban J connectivity index is 2.70. The molecule has 0 saturated carbocycles. The molecule has 0 amide bonds. The van der Waals surface area contributed by atoms with Crippen LogP contribution in [0.15, 0.2) is 30.3 Å². The summed E-state index contributed by atoms with van der Waals surface area (Å²) in [6.07, 6.45) is -1.56. The molecule has 3 atom stereocenters. The van der Waals surface area contributed by atoms with Gasteiger partial charge in [0.15, 0.2) is 0 Å². The molecule has 0 saturated heterocycles. The van der Waals surface area contributed by atoms with Crippen LogP contribution in [0.2, 0.25) is 0 Å². The predicted octanol–water partition coefficient (Wildman–Crippen LogP) is 2.48. The molecule has 0 fully saturated rings. The largest absolute Gasteiger partial charge is 0.460 e. The highest BCUT2D eigenvalue weighted by molar-refractivity contribution is 5.66. The summed E-state index contributed by atoms with van der Waals surface area (Å²) in [6, 6.07) is 9.62. The number of rotatable bonds is 7. The van der Waals surface area contributed by atoms with Crippen molar-refractivity contribution >= 4 is 11.9 Å². The molecule has 0 heterocycles. The smallest absolute Gasteiger partial charge is 0.302 e. The second-order valence-electron chi connectivity index (χ2n) is 4.89. The van der Waals surface area contributed by atoms with Gasteiger partial charge in [0.25, 0.3) is 0 Å². The van der Waals surface area contributed by atoms with Gasteiger partial charge in [0.05, 0.1) is 6.61 Å². The topological polar surface area (TPSA) is 61.8 Å². The number of carbonyl (C=O) groups is 2. The molecular formula is C16H22O5. The summed E-state index contributed by atoms with van der Waals surface area (Å²) in [5, 5.41) is 0. The number of ether oxygens (including phenoxy) is 3. The lowest BCUT2D eigenvalue weighted by atomic mass is 10.1. The Hall–Kier alpha value is -1.88. The Bertz CT molecular complexity index is 435. The molecule has 116 valence electrons. The van der Waals surface area contributed by atoms with E-state index in [4.69, 9.17) is 14.2 Å². The van der Waals surface area contributed by atoms with Crippen LogP contribution in [0.4, 0.5) is 0 Å². The lowest BCUT2D eigenvalue weighted by Crippen LogP contribution is -2.41. The second kappa shape index (κ2) is 8.42. The van der Waals surface area contributed by atoms with Gasteiger partial charge in [-0.1, -0.05) is 30.3 Å². The molecule has 0 radical (unpaired) electrons. The third kappa shape index (κ3) is 6.40. The van der Waals surface area contributed by atoms with Gasteiger partial charge in [0.2, 0.25) is 0 Å². The fraction of sp³-hybridized carbons (Fsp3) is 0.500. The summed E-state index contributed by atoms with van der Waals surface area (Å²) in [5.74, 6) is -0.795. The minimum atomic E-state index is -0.530. The van der Waals surface area contributed by atoms with Crippen LogP contribution >= 0.6 is 0 Å². The van der Waals surface area contributed by atoms with Crippen LogP contribution in [0, 0.1) is 0 Å². The number of benzene rings is 1. The van der Waals surface area contributed by atoms with Gasteiger partial charge < -0.3 is 14.2 Å². The average molecular weight is 294 g/mol. The van der Waals surface area contributed by atoms with Crippen LogP contribution < -0.4 is 0 Å². The Labute approximate surface area is 125 Å². The van der Waals surface area contributed by atoms with Crippen molar-refractivity contribution in [3.63, 3.8) is 0 Å². The van der Waals surface area contributed by atoms with E-state index >= 15 is 0 Å². The van der Waals surface area contributed by atoms with Crippen LogP contribution in [0.25, 0.3) is 0 Å². The summed E-state index contributed by atoms with van der Waals surface area (Å²) < 4.78 is 16.1. The highest BCUT2D eigenvalue weighted by Crippen LogP contribution is 2.15. The zero-order chi connectivity index (χ0) is 15.8. The quantitative estimate of drug-likeness (QED) is 0.723. The fourth-order valence-corrected chi connectivity index (χ4v) is 2.08. The van der Waals surface area contributed by atoms with Crippen molar-refractivity contribution in [3.05, 3.63) is 35.9 Å². The number of hydrogen-bond donors (Lipinski definition) is 0. The molecule has 0 aliphatic heterocycles. The molecule has 0 aromatic heterocycles. The van der Waals surface area contributed by atoms with E-state index in [0.717, 1.165) is 5.56 Å². The normalized spacial score (nSPS) is 14.9. The molecule has 1 aromatic rings. The molecule has 21 heavy (non-hydrogen) atoms. The van der Waals surface area contributed by atoms with E-state index in [0.29, 0.717) is 6.61 Å². The molecule has 1 unspecified atom stereocenters. The molecule has 5 heteroatoms. The fourth-order valence-electron chi connectivity index (χ4n) is 2.08. The molecule has 0 bridgehead atoms. The molecule has 1 rings (SSSR count). The van der Waals surface area contributed by atoms with E-state index < -0.39 is 30.3 Å². The maximum absolute atomic E-state index is 11.1. The van der Waals surface area contributed by atoms with Crippen LogP contribution in [0.5, 0.6) is 0 Å². The van der Waals surface area contributed by atoms with Crippen molar-refractivity contribution in [1.29, 1.82) is 0 Å². The lowest BCUT2D eigenvalue weighted by Gasteiger charge is -2.28. The number of esters is 2. The SMILES string of the molecule is CC(=O)O[C@@H](C)C(OCc1ccccc1)[C@@H](C)OC(C)=O. The van der Waals surface area contributed by atoms with E-state index in [2.05, 4.69) is 0 Å². The first kappa shape index (κ1) is 17.2. The van der Waals surface area contributed by atoms with Crippen molar-refractivity contribution in [2.75, 3.05) is 0 Å². The molecule has 1 aromatic carbocycles. The molecular weight excluding hydrogens is 272 g/mol. The molecule has 0 N–H and O–H groups in total. The van der Waals surface area contributed by atoms with E-state index in [-0.39, 0.29) is 0 Å². The van der Waals surface area contributed by atoms with E-state index in [9.17, 15) is 9.59 Å². The van der Waals surface area contributed by atoms with Crippen LogP contribution in [-0.2, 0) is 30.4 Å². The van der Waals surface area contributed by atoms with E-state index in [1.807, 2.05) is 30.3 Å². The summed E-state index contributed by atoms with van der Waals surface area (Å²) in [7, 11) is 0. The van der Waals surface area contributed by atoms with Gasteiger partial charge >= 0.3 is 11.9 Å². The maximum Gasteiger partial charge on any atom is 0.302 e. The first-order chi connectivity index (χ1) is 9.90. The number of carbonyl (C=O) groups excluding carboxylic acids is 2. The van der Waals surface area contributed by atoms with Crippen LogP contribution in [0.3, 0.4) is 0 Å². The molecule has 0 spiro atoms. The maximum atomic E-state index is 11.1. The van der Waals surface area contributed by atoms with Gasteiger partial charge in [-0.2, -0.15) is 0 Å².